The van der Waals surface area contributed by atoms with Crippen LogP contribution in [-0.4, -0.2) is 50.8 Å². The fourth-order valence-electron chi connectivity index (χ4n) is 3.31. The lowest BCUT2D eigenvalue weighted by Gasteiger charge is -2.28. The van der Waals surface area contributed by atoms with Gasteiger partial charge in [-0.05, 0) is 37.3 Å². The second kappa shape index (κ2) is 10.4. The van der Waals surface area contributed by atoms with Crippen LogP contribution >= 0.6 is 0 Å². The van der Waals surface area contributed by atoms with Crippen molar-refractivity contribution in [3.63, 3.8) is 0 Å². The number of amides is 3. The van der Waals surface area contributed by atoms with Gasteiger partial charge in [-0.1, -0.05) is 18.2 Å². The van der Waals surface area contributed by atoms with Crippen molar-refractivity contribution in [1.82, 2.24) is 0 Å². The molecule has 0 fully saturated rings. The lowest BCUT2D eigenvalue weighted by Crippen LogP contribution is -2.42. The fraction of sp³-hybridized carbons (Fsp3) is 0.318. The Labute approximate surface area is 180 Å². The first kappa shape index (κ1) is 22.1. The minimum absolute atomic E-state index is 0.0224. The molecule has 3 amide bonds. The van der Waals surface area contributed by atoms with Crippen LogP contribution in [0.5, 0.6) is 0 Å². The van der Waals surface area contributed by atoms with E-state index in [1.807, 2.05) is 25.1 Å². The van der Waals surface area contributed by atoms with Crippen LogP contribution < -0.4 is 20.9 Å². The molecule has 1 aliphatic rings. The van der Waals surface area contributed by atoms with Crippen molar-refractivity contribution in [3.05, 3.63) is 48.5 Å². The van der Waals surface area contributed by atoms with E-state index in [-0.39, 0.29) is 37.4 Å². The Kier molecular flexibility index (Phi) is 7.45. The Morgan fingerprint density at radius 2 is 1.90 bits per heavy atom. The highest BCUT2D eigenvalue weighted by molar-refractivity contribution is 6.05. The van der Waals surface area contributed by atoms with Crippen molar-refractivity contribution in [1.29, 1.82) is 0 Å². The number of para-hydroxylation sites is 2. The molecule has 1 atom stereocenters. The molecule has 3 N–H and O–H groups in total. The number of rotatable bonds is 7. The molecule has 3 rings (SSSR count). The van der Waals surface area contributed by atoms with Crippen molar-refractivity contribution in [2.45, 2.75) is 19.4 Å². The zero-order chi connectivity index (χ0) is 22.2. The summed E-state index contributed by atoms with van der Waals surface area (Å²) in [5, 5.41) is 8.55. The molecule has 9 heteroatoms. The first-order valence-electron chi connectivity index (χ1n) is 9.95. The second-order valence-corrected chi connectivity index (χ2v) is 7.07. The molecule has 0 saturated heterocycles. The van der Waals surface area contributed by atoms with E-state index in [1.54, 1.807) is 35.2 Å². The molecular weight excluding hydrogens is 400 g/mol. The van der Waals surface area contributed by atoms with Crippen LogP contribution in [0.1, 0.15) is 13.3 Å². The van der Waals surface area contributed by atoms with Gasteiger partial charge in [-0.15, -0.1) is 0 Å². The molecule has 0 saturated carbocycles. The van der Waals surface area contributed by atoms with Crippen LogP contribution in [0.2, 0.25) is 0 Å². The van der Waals surface area contributed by atoms with E-state index < -0.39 is 6.09 Å². The lowest BCUT2D eigenvalue weighted by molar-refractivity contribution is -0.118. The van der Waals surface area contributed by atoms with Gasteiger partial charge in [-0.3, -0.25) is 14.9 Å². The maximum Gasteiger partial charge on any atom is 0.411 e. The van der Waals surface area contributed by atoms with Gasteiger partial charge >= 0.3 is 6.09 Å². The first-order chi connectivity index (χ1) is 15.0. The molecule has 2 aromatic carbocycles. The van der Waals surface area contributed by atoms with E-state index in [2.05, 4.69) is 16.0 Å². The zero-order valence-corrected chi connectivity index (χ0v) is 17.5. The van der Waals surface area contributed by atoms with Gasteiger partial charge in [0.1, 0.15) is 6.61 Å². The predicted molar refractivity (Wildman–Crippen MR) is 118 cm³/mol. The van der Waals surface area contributed by atoms with Crippen LogP contribution in [0.3, 0.4) is 0 Å². The minimum Gasteiger partial charge on any atom is -0.447 e. The molecule has 2 aromatic rings. The molecule has 0 spiro atoms. The smallest absolute Gasteiger partial charge is 0.411 e. The summed E-state index contributed by atoms with van der Waals surface area (Å²) in [6, 6.07) is 13.9. The number of fused-ring (bicyclic) bond motifs is 1. The number of hydrogen-bond donors (Lipinski definition) is 3. The quantitative estimate of drug-likeness (QED) is 0.587. The summed E-state index contributed by atoms with van der Waals surface area (Å²) >= 11 is 0. The van der Waals surface area contributed by atoms with Crippen molar-refractivity contribution in [2.75, 3.05) is 47.7 Å². The largest absolute Gasteiger partial charge is 0.447 e. The summed E-state index contributed by atoms with van der Waals surface area (Å²) in [6.45, 7) is 2.34. The summed E-state index contributed by atoms with van der Waals surface area (Å²) in [5.41, 5.74) is 2.47. The average molecular weight is 426 g/mol. The van der Waals surface area contributed by atoms with E-state index in [0.717, 1.165) is 0 Å². The molecule has 0 radical (unpaired) electrons. The first-order valence-corrected chi connectivity index (χ1v) is 9.95. The number of anilines is 4. The van der Waals surface area contributed by atoms with Crippen molar-refractivity contribution in [2.24, 2.45) is 0 Å². The number of carbonyl (C=O) groups excluding carboxylic acids is 3. The van der Waals surface area contributed by atoms with Gasteiger partial charge in [0.2, 0.25) is 11.8 Å². The number of benzene rings is 2. The maximum absolute atomic E-state index is 13.0. The van der Waals surface area contributed by atoms with Gasteiger partial charge in [0.15, 0.2) is 0 Å². The Hall–Kier alpha value is -3.59. The van der Waals surface area contributed by atoms with Crippen LogP contribution in [0.15, 0.2) is 48.5 Å². The number of carbonyl (C=O) groups is 3. The lowest BCUT2D eigenvalue weighted by atomic mass is 10.1. The average Bonchev–Trinajstić information content (AvgIpc) is 2.86. The number of nitrogens with one attached hydrogen (secondary N) is 3. The van der Waals surface area contributed by atoms with Crippen LogP contribution in [-0.2, 0) is 19.1 Å². The van der Waals surface area contributed by atoms with E-state index in [1.165, 1.54) is 7.11 Å². The third-order valence-electron chi connectivity index (χ3n) is 4.70. The minimum atomic E-state index is -0.586. The SMILES string of the molecule is COCCOC(=O)Nc1cccc(NCC(=O)N2c3ccccc3NC(=O)CC2C)c1. The molecule has 1 unspecified atom stereocenters. The Morgan fingerprint density at radius 1 is 1.13 bits per heavy atom. The Bertz CT molecular complexity index is 949. The van der Waals surface area contributed by atoms with Crippen molar-refractivity contribution in [3.8, 4) is 0 Å². The van der Waals surface area contributed by atoms with Gasteiger partial charge in [0, 0.05) is 30.9 Å². The van der Waals surface area contributed by atoms with Crippen molar-refractivity contribution >= 4 is 40.7 Å². The predicted octanol–water partition coefficient (Wildman–Crippen LogP) is 3.06. The monoisotopic (exact) mass is 426 g/mol. The summed E-state index contributed by atoms with van der Waals surface area (Å²) in [5.74, 6) is -0.298. The van der Waals surface area contributed by atoms with E-state index in [0.29, 0.717) is 29.4 Å². The van der Waals surface area contributed by atoms with E-state index in [9.17, 15) is 14.4 Å². The second-order valence-electron chi connectivity index (χ2n) is 7.07. The van der Waals surface area contributed by atoms with Gasteiger partial charge in [0.05, 0.1) is 24.5 Å². The molecule has 164 valence electrons. The van der Waals surface area contributed by atoms with Gasteiger partial charge in [0.25, 0.3) is 0 Å². The molecule has 0 bridgehead atoms. The molecule has 0 aliphatic carbocycles. The number of hydrogen-bond acceptors (Lipinski definition) is 6. The zero-order valence-electron chi connectivity index (χ0n) is 17.5. The molecule has 1 heterocycles. The topological polar surface area (TPSA) is 109 Å². The molecule has 31 heavy (non-hydrogen) atoms. The fourth-order valence-corrected chi connectivity index (χ4v) is 3.31. The molecule has 9 nitrogen and oxygen atoms in total. The summed E-state index contributed by atoms with van der Waals surface area (Å²) < 4.78 is 9.82. The number of ether oxygens (including phenoxy) is 2. The maximum atomic E-state index is 13.0. The molecule has 0 aromatic heterocycles. The molecular formula is C22H26N4O5. The Balaban J connectivity index is 1.64. The Morgan fingerprint density at radius 3 is 2.71 bits per heavy atom. The third kappa shape index (κ3) is 5.95. The summed E-state index contributed by atoms with van der Waals surface area (Å²) in [7, 11) is 1.52. The normalized spacial score (nSPS) is 15.4. The van der Waals surface area contributed by atoms with Crippen molar-refractivity contribution < 1.29 is 23.9 Å². The van der Waals surface area contributed by atoms with Gasteiger partial charge < -0.3 is 25.0 Å². The van der Waals surface area contributed by atoms with E-state index >= 15 is 0 Å². The standard InChI is InChI=1S/C22H26N4O5/c1-15-12-20(27)25-18-8-3-4-9-19(18)26(15)21(28)14-23-16-6-5-7-17(13-16)24-22(29)31-11-10-30-2/h3-9,13,15,23H,10-12,14H2,1-2H3,(H,24,29)(H,25,27). The number of nitrogens with zero attached hydrogens (tertiary/aromatic N) is 1. The number of methoxy groups -OCH3 is 1. The van der Waals surface area contributed by atoms with Crippen LogP contribution in [0.25, 0.3) is 0 Å². The highest BCUT2D eigenvalue weighted by Crippen LogP contribution is 2.31. The van der Waals surface area contributed by atoms with Gasteiger partial charge in [-0.25, -0.2) is 4.79 Å². The summed E-state index contributed by atoms with van der Waals surface area (Å²) in [6.07, 6.45) is -0.372. The highest BCUT2D eigenvalue weighted by Gasteiger charge is 2.29. The molecule has 1 aliphatic heterocycles. The van der Waals surface area contributed by atoms with Crippen LogP contribution in [0.4, 0.5) is 27.5 Å². The third-order valence-corrected chi connectivity index (χ3v) is 4.70. The van der Waals surface area contributed by atoms with E-state index in [4.69, 9.17) is 9.47 Å². The summed E-state index contributed by atoms with van der Waals surface area (Å²) in [4.78, 5) is 38.5. The van der Waals surface area contributed by atoms with Gasteiger partial charge in [-0.2, -0.15) is 0 Å². The highest BCUT2D eigenvalue weighted by atomic mass is 16.6. The van der Waals surface area contributed by atoms with Crippen LogP contribution in [0, 0.1) is 0 Å².